The molecule has 0 aliphatic rings. The molecular weight excluding hydrogens is 338 g/mol. The summed E-state index contributed by atoms with van der Waals surface area (Å²) in [5, 5.41) is 2.78. The number of nitrogens with one attached hydrogen (secondary N) is 1. The van der Waals surface area contributed by atoms with Crippen LogP contribution < -0.4 is 5.32 Å². The minimum Gasteiger partial charge on any atom is -0.342 e. The molecule has 1 amide bonds. The van der Waals surface area contributed by atoms with Crippen molar-refractivity contribution in [3.8, 4) is 0 Å². The summed E-state index contributed by atoms with van der Waals surface area (Å²) in [5.41, 5.74) is 2.90. The fraction of sp³-hybridized carbons (Fsp3) is 0.0909. The van der Waals surface area contributed by atoms with Gasteiger partial charge < -0.3 is 10.1 Å². The molecule has 5 nitrogen and oxygen atoms in total. The first-order valence-corrected chi connectivity index (χ1v) is 8.59. The van der Waals surface area contributed by atoms with Gasteiger partial charge in [0.15, 0.2) is 0 Å². The van der Waals surface area contributed by atoms with Crippen LogP contribution in [0.2, 0.25) is 0 Å². The Bertz CT molecular complexity index is 925. The van der Waals surface area contributed by atoms with Gasteiger partial charge in [-0.25, -0.2) is 0 Å². The van der Waals surface area contributed by atoms with E-state index in [1.54, 1.807) is 36.8 Å². The van der Waals surface area contributed by atoms with Crippen molar-refractivity contribution in [1.82, 2.24) is 15.3 Å². The molecule has 0 spiro atoms. The first-order chi connectivity index (χ1) is 13.3. The van der Waals surface area contributed by atoms with E-state index in [1.807, 2.05) is 48.5 Å². The van der Waals surface area contributed by atoms with E-state index in [4.69, 9.17) is 0 Å². The van der Waals surface area contributed by atoms with Crippen LogP contribution >= 0.6 is 0 Å². The van der Waals surface area contributed by atoms with Gasteiger partial charge in [-0.3, -0.25) is 14.8 Å². The lowest BCUT2D eigenvalue weighted by Crippen LogP contribution is -2.38. The molecule has 0 saturated carbocycles. The van der Waals surface area contributed by atoms with Crippen molar-refractivity contribution < 1.29 is 9.59 Å². The number of hydrogen-bond acceptors (Lipinski definition) is 4. The maximum Gasteiger partial charge on any atom is 0.254 e. The summed E-state index contributed by atoms with van der Waals surface area (Å²) in [5.74, 6) is -0.328. The summed E-state index contributed by atoms with van der Waals surface area (Å²) in [6, 6.07) is 16.1. The molecule has 0 fully saturated rings. The van der Waals surface area contributed by atoms with Crippen molar-refractivity contribution in [3.05, 3.63) is 95.6 Å². The summed E-state index contributed by atoms with van der Waals surface area (Å²) in [4.78, 5) is 32.4. The lowest BCUT2D eigenvalue weighted by molar-refractivity contribution is -0.109. The second-order valence-electron chi connectivity index (χ2n) is 5.96. The molecule has 5 heteroatoms. The van der Waals surface area contributed by atoms with Crippen molar-refractivity contribution in [1.29, 1.82) is 0 Å². The first-order valence-electron chi connectivity index (χ1n) is 8.59. The highest BCUT2D eigenvalue weighted by Crippen LogP contribution is 2.11. The van der Waals surface area contributed by atoms with Crippen LogP contribution in [0.15, 0.2) is 73.2 Å². The molecule has 2 heterocycles. The third-order valence-corrected chi connectivity index (χ3v) is 4.00. The van der Waals surface area contributed by atoms with Crippen LogP contribution in [0.1, 0.15) is 27.2 Å². The quantitative estimate of drug-likeness (QED) is 0.659. The number of hydrogen-bond donors (Lipinski definition) is 1. The number of amides is 1. The summed E-state index contributed by atoms with van der Waals surface area (Å²) >= 11 is 0. The molecule has 1 N–H and O–H groups in total. The Morgan fingerprint density at radius 1 is 0.963 bits per heavy atom. The van der Waals surface area contributed by atoms with E-state index in [9.17, 15) is 9.59 Å². The van der Waals surface area contributed by atoms with Crippen molar-refractivity contribution in [2.24, 2.45) is 0 Å². The number of aldehydes is 1. The molecule has 0 bridgehead atoms. The van der Waals surface area contributed by atoms with Crippen molar-refractivity contribution in [2.45, 2.75) is 12.5 Å². The number of rotatable bonds is 7. The zero-order valence-electron chi connectivity index (χ0n) is 14.7. The lowest BCUT2D eigenvalue weighted by Gasteiger charge is -2.13. The van der Waals surface area contributed by atoms with Crippen LogP contribution in [-0.2, 0) is 11.2 Å². The third kappa shape index (κ3) is 5.19. The predicted octanol–water partition coefficient (Wildman–Crippen LogP) is 3.19. The Labute approximate surface area is 157 Å². The molecule has 1 aromatic carbocycles. The largest absolute Gasteiger partial charge is 0.342 e. The lowest BCUT2D eigenvalue weighted by atomic mass is 10.1. The number of carbonyl (C=O) groups excluding carboxylic acids is 2. The van der Waals surface area contributed by atoms with E-state index in [0.717, 1.165) is 17.4 Å². The number of aromatic nitrogens is 2. The first kappa shape index (κ1) is 18.2. The molecule has 3 rings (SSSR count). The average molecular weight is 357 g/mol. The molecule has 0 radical (unpaired) electrons. The predicted molar refractivity (Wildman–Crippen MR) is 105 cm³/mol. The SMILES string of the molecule is O=C[C@H](Cc1ccccc1)NC(=O)c1cccnc1C=Cc1ccncc1. The van der Waals surface area contributed by atoms with Gasteiger partial charge in [0.05, 0.1) is 17.3 Å². The third-order valence-electron chi connectivity index (χ3n) is 4.00. The molecule has 0 saturated heterocycles. The van der Waals surface area contributed by atoms with E-state index in [2.05, 4.69) is 15.3 Å². The van der Waals surface area contributed by atoms with Gasteiger partial charge in [0.1, 0.15) is 6.29 Å². The minimum absolute atomic E-state index is 0.328. The van der Waals surface area contributed by atoms with Crippen molar-refractivity contribution >= 4 is 24.3 Å². The molecule has 0 unspecified atom stereocenters. The van der Waals surface area contributed by atoms with Gasteiger partial charge in [-0.2, -0.15) is 0 Å². The summed E-state index contributed by atoms with van der Waals surface area (Å²) in [7, 11) is 0. The van der Waals surface area contributed by atoms with Gasteiger partial charge in [-0.1, -0.05) is 36.4 Å². The average Bonchev–Trinajstić information content (AvgIpc) is 2.73. The van der Waals surface area contributed by atoms with Crippen molar-refractivity contribution in [2.75, 3.05) is 0 Å². The Morgan fingerprint density at radius 3 is 2.48 bits per heavy atom. The Balaban J connectivity index is 1.74. The summed E-state index contributed by atoms with van der Waals surface area (Å²) < 4.78 is 0. The number of carbonyl (C=O) groups is 2. The molecule has 2 aromatic heterocycles. The number of pyridine rings is 2. The maximum atomic E-state index is 12.7. The van der Waals surface area contributed by atoms with Gasteiger partial charge in [0, 0.05) is 18.6 Å². The Hall–Kier alpha value is -3.60. The maximum absolute atomic E-state index is 12.7. The molecule has 0 aliphatic carbocycles. The Morgan fingerprint density at radius 2 is 1.74 bits per heavy atom. The smallest absolute Gasteiger partial charge is 0.254 e. The number of nitrogens with zero attached hydrogens (tertiary/aromatic N) is 2. The molecule has 0 aliphatic heterocycles. The molecule has 3 aromatic rings. The van der Waals surface area contributed by atoms with Crippen LogP contribution in [0.25, 0.3) is 12.2 Å². The fourth-order valence-corrected chi connectivity index (χ4v) is 2.64. The van der Waals surface area contributed by atoms with Gasteiger partial charge >= 0.3 is 0 Å². The van der Waals surface area contributed by atoms with Gasteiger partial charge in [-0.15, -0.1) is 0 Å². The monoisotopic (exact) mass is 357 g/mol. The van der Waals surface area contributed by atoms with E-state index in [1.165, 1.54) is 0 Å². The normalized spacial score (nSPS) is 11.9. The van der Waals surface area contributed by atoms with E-state index < -0.39 is 6.04 Å². The van der Waals surface area contributed by atoms with Gasteiger partial charge in [0.2, 0.25) is 0 Å². The zero-order chi connectivity index (χ0) is 18.9. The fourth-order valence-electron chi connectivity index (χ4n) is 2.64. The van der Waals surface area contributed by atoms with Gasteiger partial charge in [0.25, 0.3) is 5.91 Å². The number of benzene rings is 1. The summed E-state index contributed by atoms with van der Waals surface area (Å²) in [6.07, 6.45) is 9.86. The zero-order valence-corrected chi connectivity index (χ0v) is 14.7. The minimum atomic E-state index is -0.600. The van der Waals surface area contributed by atoms with Crippen LogP contribution in [-0.4, -0.2) is 28.2 Å². The molecular formula is C22H19N3O2. The topological polar surface area (TPSA) is 72.0 Å². The standard InChI is InChI=1S/C22H19N3O2/c26-16-19(15-18-5-2-1-3-6-18)25-22(27)20-7-4-12-24-21(20)9-8-17-10-13-23-14-11-17/h1-14,16,19H,15H2,(H,25,27)/t19-/m0/s1. The van der Waals surface area contributed by atoms with Crippen molar-refractivity contribution in [3.63, 3.8) is 0 Å². The second-order valence-corrected chi connectivity index (χ2v) is 5.96. The molecule has 1 atom stereocenters. The van der Waals surface area contributed by atoms with Gasteiger partial charge in [-0.05, 0) is 47.9 Å². The molecule has 27 heavy (non-hydrogen) atoms. The van der Waals surface area contributed by atoms with Crippen LogP contribution in [0.5, 0.6) is 0 Å². The Kier molecular flexibility index (Phi) is 6.20. The summed E-state index contributed by atoms with van der Waals surface area (Å²) in [6.45, 7) is 0. The molecule has 134 valence electrons. The van der Waals surface area contributed by atoms with Crippen LogP contribution in [0.3, 0.4) is 0 Å². The second kappa shape index (κ2) is 9.20. The highest BCUT2D eigenvalue weighted by atomic mass is 16.2. The van der Waals surface area contributed by atoms with E-state index in [-0.39, 0.29) is 5.91 Å². The van der Waals surface area contributed by atoms with Crippen LogP contribution in [0, 0.1) is 0 Å². The van der Waals surface area contributed by atoms with E-state index in [0.29, 0.717) is 17.7 Å². The highest BCUT2D eigenvalue weighted by Gasteiger charge is 2.16. The van der Waals surface area contributed by atoms with Crippen LogP contribution in [0.4, 0.5) is 0 Å². The highest BCUT2D eigenvalue weighted by molar-refractivity contribution is 5.99. The van der Waals surface area contributed by atoms with E-state index >= 15 is 0 Å².